The van der Waals surface area contributed by atoms with Crippen LogP contribution >= 0.6 is 15.9 Å². The highest BCUT2D eigenvalue weighted by atomic mass is 79.9. The van der Waals surface area contributed by atoms with Gasteiger partial charge >= 0.3 is 0 Å². The molecule has 0 aliphatic heterocycles. The molecule has 0 saturated heterocycles. The van der Waals surface area contributed by atoms with Crippen molar-refractivity contribution in [1.29, 1.82) is 0 Å². The second-order valence-corrected chi connectivity index (χ2v) is 5.62. The Labute approximate surface area is 127 Å². The lowest BCUT2D eigenvalue weighted by Crippen LogP contribution is -2.13. The average Bonchev–Trinajstić information content (AvgIpc) is 2.41. The fraction of sp³-hybridized carbons (Fsp3) is 0.250. The predicted molar refractivity (Wildman–Crippen MR) is 82.8 cm³/mol. The smallest absolute Gasteiger partial charge is 0.133 e. The molecule has 0 aliphatic rings. The van der Waals surface area contributed by atoms with E-state index in [1.807, 2.05) is 32.2 Å². The molecule has 2 rings (SSSR count). The minimum Gasteiger partial charge on any atom is -0.457 e. The van der Waals surface area contributed by atoms with Gasteiger partial charge in [0.25, 0.3) is 0 Å². The third-order valence-corrected chi connectivity index (χ3v) is 3.73. The molecular weight excluding hydrogens is 321 g/mol. The van der Waals surface area contributed by atoms with Crippen molar-refractivity contribution in [3.63, 3.8) is 0 Å². The highest BCUT2D eigenvalue weighted by Gasteiger charge is 2.12. The van der Waals surface area contributed by atoms with Crippen LogP contribution in [0, 0.1) is 12.7 Å². The Kier molecular flexibility index (Phi) is 4.78. The Bertz CT molecular complexity index is 615. The maximum Gasteiger partial charge on any atom is 0.133 e. The minimum atomic E-state index is -0.257. The topological polar surface area (TPSA) is 21.3 Å². The molecule has 2 aromatic rings. The van der Waals surface area contributed by atoms with Crippen LogP contribution in [0.3, 0.4) is 0 Å². The third-order valence-electron chi connectivity index (χ3n) is 3.23. The Morgan fingerprint density at radius 3 is 2.55 bits per heavy atom. The minimum absolute atomic E-state index is 0.166. The Morgan fingerprint density at radius 2 is 1.90 bits per heavy atom. The van der Waals surface area contributed by atoms with Crippen LogP contribution in [0.5, 0.6) is 11.5 Å². The molecule has 0 heterocycles. The van der Waals surface area contributed by atoms with E-state index < -0.39 is 0 Å². The number of rotatable bonds is 4. The van der Waals surface area contributed by atoms with Crippen molar-refractivity contribution >= 4 is 15.9 Å². The van der Waals surface area contributed by atoms with Gasteiger partial charge in [0, 0.05) is 16.1 Å². The molecule has 4 heteroatoms. The van der Waals surface area contributed by atoms with E-state index in [1.54, 1.807) is 6.07 Å². The van der Waals surface area contributed by atoms with Gasteiger partial charge in [0.2, 0.25) is 0 Å². The first kappa shape index (κ1) is 15.0. The molecule has 1 atom stereocenters. The van der Waals surface area contributed by atoms with Crippen LogP contribution in [0.4, 0.5) is 4.39 Å². The van der Waals surface area contributed by atoms with E-state index in [2.05, 4.69) is 28.2 Å². The van der Waals surface area contributed by atoms with Gasteiger partial charge in [-0.1, -0.05) is 22.0 Å². The summed E-state index contributed by atoms with van der Waals surface area (Å²) in [6.07, 6.45) is 0. The lowest BCUT2D eigenvalue weighted by atomic mass is 10.1. The summed E-state index contributed by atoms with van der Waals surface area (Å²) in [5, 5.41) is 3.20. The molecule has 20 heavy (non-hydrogen) atoms. The molecular formula is C16H17BrFNO. The van der Waals surface area contributed by atoms with Gasteiger partial charge in [-0.05, 0) is 56.8 Å². The summed E-state index contributed by atoms with van der Waals surface area (Å²) < 4.78 is 20.0. The van der Waals surface area contributed by atoms with Crippen LogP contribution in [-0.4, -0.2) is 7.05 Å². The summed E-state index contributed by atoms with van der Waals surface area (Å²) in [6, 6.07) is 10.6. The lowest BCUT2D eigenvalue weighted by molar-refractivity contribution is 0.461. The number of aryl methyl sites for hydroxylation is 1. The van der Waals surface area contributed by atoms with Gasteiger partial charge in [-0.3, -0.25) is 0 Å². The van der Waals surface area contributed by atoms with Crippen molar-refractivity contribution in [2.45, 2.75) is 19.9 Å². The molecule has 0 bridgehead atoms. The molecule has 0 spiro atoms. The van der Waals surface area contributed by atoms with Gasteiger partial charge in [0.15, 0.2) is 0 Å². The van der Waals surface area contributed by atoms with Crippen molar-refractivity contribution in [1.82, 2.24) is 5.32 Å². The Balaban J connectivity index is 2.39. The lowest BCUT2D eigenvalue weighted by Gasteiger charge is -2.17. The van der Waals surface area contributed by atoms with E-state index in [1.165, 1.54) is 12.1 Å². The maximum absolute atomic E-state index is 13.1. The maximum atomic E-state index is 13.1. The largest absolute Gasteiger partial charge is 0.457 e. The van der Waals surface area contributed by atoms with Crippen LogP contribution in [-0.2, 0) is 0 Å². The number of benzene rings is 2. The van der Waals surface area contributed by atoms with E-state index in [9.17, 15) is 4.39 Å². The molecule has 0 radical (unpaired) electrons. The third kappa shape index (κ3) is 3.38. The molecule has 0 aromatic heterocycles. The molecule has 1 N–H and O–H groups in total. The molecule has 106 valence electrons. The van der Waals surface area contributed by atoms with Crippen molar-refractivity contribution < 1.29 is 9.13 Å². The van der Waals surface area contributed by atoms with Crippen LogP contribution in [0.15, 0.2) is 40.9 Å². The SMILES string of the molecule is CNC(C)c1ccc(Br)cc1Oc1ccc(F)cc1C. The molecule has 1 unspecified atom stereocenters. The van der Waals surface area contributed by atoms with Crippen molar-refractivity contribution in [2.75, 3.05) is 7.05 Å². The number of hydrogen-bond acceptors (Lipinski definition) is 2. The summed E-state index contributed by atoms with van der Waals surface area (Å²) in [4.78, 5) is 0. The fourth-order valence-corrected chi connectivity index (χ4v) is 2.30. The van der Waals surface area contributed by atoms with Gasteiger partial charge in [-0.2, -0.15) is 0 Å². The van der Waals surface area contributed by atoms with E-state index in [-0.39, 0.29) is 11.9 Å². The van der Waals surface area contributed by atoms with Crippen molar-refractivity contribution in [3.05, 3.63) is 57.8 Å². The average molecular weight is 338 g/mol. The van der Waals surface area contributed by atoms with Gasteiger partial charge in [0.05, 0.1) is 0 Å². The summed E-state index contributed by atoms with van der Waals surface area (Å²) in [6.45, 7) is 3.89. The van der Waals surface area contributed by atoms with Gasteiger partial charge in [-0.15, -0.1) is 0 Å². The van der Waals surface area contributed by atoms with Crippen molar-refractivity contribution in [2.24, 2.45) is 0 Å². The number of hydrogen-bond donors (Lipinski definition) is 1. The zero-order valence-electron chi connectivity index (χ0n) is 11.7. The van der Waals surface area contributed by atoms with Gasteiger partial charge in [0.1, 0.15) is 17.3 Å². The number of ether oxygens (including phenoxy) is 1. The second kappa shape index (κ2) is 6.37. The number of halogens is 2. The van der Waals surface area contributed by atoms with Crippen LogP contribution < -0.4 is 10.1 Å². The monoisotopic (exact) mass is 337 g/mol. The first-order chi connectivity index (χ1) is 9.51. The quantitative estimate of drug-likeness (QED) is 0.850. The molecule has 2 aromatic carbocycles. The molecule has 0 aliphatic carbocycles. The van der Waals surface area contributed by atoms with E-state index in [0.717, 1.165) is 21.3 Å². The van der Waals surface area contributed by atoms with E-state index in [4.69, 9.17) is 4.74 Å². The Morgan fingerprint density at radius 1 is 1.15 bits per heavy atom. The fourth-order valence-electron chi connectivity index (χ4n) is 1.96. The summed E-state index contributed by atoms with van der Waals surface area (Å²) >= 11 is 3.45. The highest BCUT2D eigenvalue weighted by molar-refractivity contribution is 9.10. The van der Waals surface area contributed by atoms with E-state index in [0.29, 0.717) is 5.75 Å². The molecule has 0 amide bonds. The van der Waals surface area contributed by atoms with Gasteiger partial charge in [-0.25, -0.2) is 4.39 Å². The summed E-state index contributed by atoms with van der Waals surface area (Å²) in [5.74, 6) is 1.16. The van der Waals surface area contributed by atoms with Crippen LogP contribution in [0.1, 0.15) is 24.1 Å². The summed E-state index contributed by atoms with van der Waals surface area (Å²) in [7, 11) is 1.90. The van der Waals surface area contributed by atoms with Crippen LogP contribution in [0.25, 0.3) is 0 Å². The normalized spacial score (nSPS) is 12.2. The van der Waals surface area contributed by atoms with Crippen molar-refractivity contribution in [3.8, 4) is 11.5 Å². The highest BCUT2D eigenvalue weighted by Crippen LogP contribution is 2.33. The van der Waals surface area contributed by atoms with Gasteiger partial charge < -0.3 is 10.1 Å². The number of nitrogens with one attached hydrogen (secondary N) is 1. The molecule has 2 nitrogen and oxygen atoms in total. The zero-order valence-corrected chi connectivity index (χ0v) is 13.3. The predicted octanol–water partition coefficient (Wildman–Crippen LogP) is 4.97. The van der Waals surface area contributed by atoms with Crippen LogP contribution in [0.2, 0.25) is 0 Å². The standard InChI is InChI=1S/C16H17BrFNO/c1-10-8-13(18)5-7-15(10)20-16-9-12(17)4-6-14(16)11(2)19-3/h4-9,11,19H,1-3H3. The first-order valence-corrected chi connectivity index (χ1v) is 7.21. The second-order valence-electron chi connectivity index (χ2n) is 4.70. The Hall–Kier alpha value is -1.39. The summed E-state index contributed by atoms with van der Waals surface area (Å²) in [5.41, 5.74) is 1.83. The molecule has 0 saturated carbocycles. The first-order valence-electron chi connectivity index (χ1n) is 6.42. The molecule has 0 fully saturated rings. The van der Waals surface area contributed by atoms with E-state index >= 15 is 0 Å². The zero-order chi connectivity index (χ0) is 14.7.